The summed E-state index contributed by atoms with van der Waals surface area (Å²) in [6, 6.07) is 15.0. The van der Waals surface area contributed by atoms with Crippen LogP contribution in [-0.2, 0) is 25.8 Å². The van der Waals surface area contributed by atoms with E-state index in [1.54, 1.807) is 28.6 Å². The molecular formula is C26H25N5OS. The number of H-pyrrole nitrogens is 1. The maximum absolute atomic E-state index is 13.5. The molecule has 7 heteroatoms. The Labute approximate surface area is 195 Å². The van der Waals surface area contributed by atoms with Gasteiger partial charge in [0.1, 0.15) is 4.83 Å². The van der Waals surface area contributed by atoms with Gasteiger partial charge in [0.15, 0.2) is 0 Å². The number of aryl methyl sites for hydroxylation is 1. The van der Waals surface area contributed by atoms with Gasteiger partial charge in [-0.25, -0.2) is 9.97 Å². The molecule has 0 radical (unpaired) electrons. The lowest BCUT2D eigenvalue weighted by molar-refractivity contribution is 0.466. The first-order chi connectivity index (χ1) is 16.3. The fraction of sp³-hybridized carbons (Fsp3) is 0.269. The fourth-order valence-corrected chi connectivity index (χ4v) is 6.19. The number of aromatic nitrogens is 4. The van der Waals surface area contributed by atoms with E-state index >= 15 is 0 Å². The largest absolute Gasteiger partial charge is 0.351 e. The number of nitrogens with zero attached hydrogens (tertiary/aromatic N) is 3. The molecule has 1 unspecified atom stereocenters. The lowest BCUT2D eigenvalue weighted by Gasteiger charge is -2.23. The average Bonchev–Trinajstić information content (AvgIpc) is 3.49. The summed E-state index contributed by atoms with van der Waals surface area (Å²) in [5, 5.41) is 6.87. The first-order valence-electron chi connectivity index (χ1n) is 11.4. The van der Waals surface area contributed by atoms with Crippen LogP contribution in [0.2, 0.25) is 0 Å². The summed E-state index contributed by atoms with van der Waals surface area (Å²) in [5.41, 5.74) is 3.51. The molecule has 6 rings (SSSR count). The first kappa shape index (κ1) is 20.3. The average molecular weight is 456 g/mol. The SMILES string of the molecule is O=c1c2c3c(sc2ncn1Cc1cccc2ccccc12)CC(NCCc1c[nH]cn1)CC3. The Morgan fingerprint density at radius 2 is 2.06 bits per heavy atom. The first-order valence-corrected chi connectivity index (χ1v) is 12.3. The van der Waals surface area contributed by atoms with Gasteiger partial charge in [0.05, 0.1) is 30.3 Å². The second-order valence-corrected chi connectivity index (χ2v) is 9.79. The van der Waals surface area contributed by atoms with Crippen molar-refractivity contribution in [3.63, 3.8) is 0 Å². The maximum atomic E-state index is 13.5. The monoisotopic (exact) mass is 455 g/mol. The van der Waals surface area contributed by atoms with Crippen LogP contribution in [0, 0.1) is 0 Å². The van der Waals surface area contributed by atoms with Crippen LogP contribution in [0.1, 0.15) is 28.1 Å². The number of benzene rings is 2. The Bertz CT molecular complexity index is 1480. The zero-order valence-electron chi connectivity index (χ0n) is 18.3. The number of rotatable bonds is 6. The summed E-state index contributed by atoms with van der Waals surface area (Å²) < 4.78 is 1.77. The molecule has 0 aliphatic heterocycles. The predicted octanol–water partition coefficient (Wildman–Crippen LogP) is 4.07. The molecule has 2 aromatic carbocycles. The molecule has 33 heavy (non-hydrogen) atoms. The van der Waals surface area contributed by atoms with Crippen molar-refractivity contribution >= 4 is 32.3 Å². The molecule has 0 fully saturated rings. The van der Waals surface area contributed by atoms with Gasteiger partial charge in [-0.1, -0.05) is 42.5 Å². The molecule has 0 amide bonds. The molecule has 3 heterocycles. The lowest BCUT2D eigenvalue weighted by Crippen LogP contribution is -2.35. The smallest absolute Gasteiger partial charge is 0.262 e. The highest BCUT2D eigenvalue weighted by molar-refractivity contribution is 7.18. The minimum absolute atomic E-state index is 0.0791. The highest BCUT2D eigenvalue weighted by atomic mass is 32.1. The summed E-state index contributed by atoms with van der Waals surface area (Å²) in [4.78, 5) is 27.7. The van der Waals surface area contributed by atoms with E-state index in [1.807, 2.05) is 18.3 Å². The second kappa shape index (κ2) is 8.57. The van der Waals surface area contributed by atoms with Gasteiger partial charge in [0.2, 0.25) is 0 Å². The van der Waals surface area contributed by atoms with E-state index in [0.717, 1.165) is 53.7 Å². The van der Waals surface area contributed by atoms with E-state index < -0.39 is 0 Å². The van der Waals surface area contributed by atoms with Crippen LogP contribution in [0.25, 0.3) is 21.0 Å². The number of thiophene rings is 1. The summed E-state index contributed by atoms with van der Waals surface area (Å²) in [5.74, 6) is 0. The molecule has 3 aromatic heterocycles. The molecular weight excluding hydrogens is 430 g/mol. The lowest BCUT2D eigenvalue weighted by atomic mass is 9.93. The molecule has 2 N–H and O–H groups in total. The van der Waals surface area contributed by atoms with Gasteiger partial charge in [-0.05, 0) is 41.2 Å². The van der Waals surface area contributed by atoms with E-state index in [1.165, 1.54) is 21.2 Å². The molecule has 5 aromatic rings. The van der Waals surface area contributed by atoms with E-state index in [-0.39, 0.29) is 5.56 Å². The Hall–Kier alpha value is -3.29. The Morgan fingerprint density at radius 3 is 2.97 bits per heavy atom. The van der Waals surface area contributed by atoms with Crippen molar-refractivity contribution in [3.05, 3.63) is 93.4 Å². The van der Waals surface area contributed by atoms with Gasteiger partial charge in [-0.2, -0.15) is 0 Å². The molecule has 166 valence electrons. The molecule has 1 atom stereocenters. The van der Waals surface area contributed by atoms with Gasteiger partial charge in [0, 0.05) is 30.1 Å². The minimum Gasteiger partial charge on any atom is -0.351 e. The van der Waals surface area contributed by atoms with Crippen LogP contribution >= 0.6 is 11.3 Å². The number of aromatic amines is 1. The topological polar surface area (TPSA) is 75.6 Å². The van der Waals surface area contributed by atoms with Crippen molar-refractivity contribution in [2.75, 3.05) is 6.54 Å². The highest BCUT2D eigenvalue weighted by Gasteiger charge is 2.25. The van der Waals surface area contributed by atoms with Gasteiger partial charge < -0.3 is 10.3 Å². The number of hydrogen-bond acceptors (Lipinski definition) is 5. The predicted molar refractivity (Wildman–Crippen MR) is 133 cm³/mol. The molecule has 0 bridgehead atoms. The Balaban J connectivity index is 1.25. The van der Waals surface area contributed by atoms with Crippen LogP contribution in [0.3, 0.4) is 0 Å². The van der Waals surface area contributed by atoms with Crippen LogP contribution in [-0.4, -0.2) is 32.1 Å². The second-order valence-electron chi connectivity index (χ2n) is 8.70. The highest BCUT2D eigenvalue weighted by Crippen LogP contribution is 2.33. The van der Waals surface area contributed by atoms with Gasteiger partial charge >= 0.3 is 0 Å². The summed E-state index contributed by atoms with van der Waals surface area (Å²) in [6.07, 6.45) is 9.22. The Kier molecular flexibility index (Phi) is 5.28. The third kappa shape index (κ3) is 3.87. The van der Waals surface area contributed by atoms with Gasteiger partial charge in [0.25, 0.3) is 5.56 Å². The van der Waals surface area contributed by atoms with Crippen molar-refractivity contribution in [3.8, 4) is 0 Å². The molecule has 0 spiro atoms. The molecule has 6 nitrogen and oxygen atoms in total. The summed E-state index contributed by atoms with van der Waals surface area (Å²) in [7, 11) is 0. The zero-order valence-corrected chi connectivity index (χ0v) is 19.1. The standard InChI is InChI=1S/C26H25N5OS/c32-26-24-22-9-8-19(28-11-10-20-13-27-15-29-20)12-23(22)33-25(24)30-16-31(26)14-18-6-3-5-17-4-1-2-7-21(17)18/h1-7,13,15-16,19,28H,8-12,14H2,(H,27,29). The van der Waals surface area contributed by atoms with Gasteiger partial charge in [-0.15, -0.1) is 11.3 Å². The van der Waals surface area contributed by atoms with Crippen LogP contribution in [0.5, 0.6) is 0 Å². The number of nitrogens with one attached hydrogen (secondary N) is 2. The number of imidazole rings is 1. The van der Waals surface area contributed by atoms with Gasteiger partial charge in [-0.3, -0.25) is 9.36 Å². The normalized spacial score (nSPS) is 15.8. The van der Waals surface area contributed by atoms with Crippen molar-refractivity contribution in [1.82, 2.24) is 24.8 Å². The van der Waals surface area contributed by atoms with E-state index in [9.17, 15) is 4.79 Å². The number of fused-ring (bicyclic) bond motifs is 4. The summed E-state index contributed by atoms with van der Waals surface area (Å²) >= 11 is 1.68. The van der Waals surface area contributed by atoms with Crippen molar-refractivity contribution < 1.29 is 0 Å². The molecule has 1 aliphatic rings. The number of hydrogen-bond donors (Lipinski definition) is 2. The third-order valence-electron chi connectivity index (χ3n) is 6.63. The maximum Gasteiger partial charge on any atom is 0.262 e. The molecule has 0 saturated heterocycles. The van der Waals surface area contributed by atoms with Crippen molar-refractivity contribution in [1.29, 1.82) is 0 Å². The Morgan fingerprint density at radius 1 is 1.15 bits per heavy atom. The van der Waals surface area contributed by atoms with Crippen molar-refractivity contribution in [2.24, 2.45) is 0 Å². The molecule has 1 aliphatic carbocycles. The zero-order chi connectivity index (χ0) is 22.2. The van der Waals surface area contributed by atoms with Crippen LogP contribution in [0.4, 0.5) is 0 Å². The van der Waals surface area contributed by atoms with Crippen LogP contribution < -0.4 is 10.9 Å². The summed E-state index contributed by atoms with van der Waals surface area (Å²) in [6.45, 7) is 1.44. The van der Waals surface area contributed by atoms with E-state index in [4.69, 9.17) is 4.98 Å². The quantitative estimate of drug-likeness (QED) is 0.405. The van der Waals surface area contributed by atoms with E-state index in [0.29, 0.717) is 12.6 Å². The molecule has 0 saturated carbocycles. The van der Waals surface area contributed by atoms with Crippen LogP contribution in [0.15, 0.2) is 66.1 Å². The minimum atomic E-state index is 0.0791. The van der Waals surface area contributed by atoms with E-state index in [2.05, 4.69) is 45.6 Å². The van der Waals surface area contributed by atoms with Crippen molar-refractivity contribution in [2.45, 2.75) is 38.3 Å². The fourth-order valence-electron chi connectivity index (χ4n) is 4.93. The third-order valence-corrected chi connectivity index (χ3v) is 7.79.